The van der Waals surface area contributed by atoms with Crippen LogP contribution in [0, 0.1) is 0 Å². The van der Waals surface area contributed by atoms with Crippen molar-refractivity contribution in [3.05, 3.63) is 69.6 Å². The highest BCUT2D eigenvalue weighted by Gasteiger charge is 2.43. The normalized spacial score (nSPS) is 17.4. The minimum absolute atomic E-state index is 0.181. The summed E-state index contributed by atoms with van der Waals surface area (Å²) < 4.78 is 0. The standard InChI is InChI=1S/C20H22N2O3S/c1-21(2)11-7-12-22-17(14-8-4-3-5-9-14)16(19(24)20(22)25)18(23)15-10-6-13-26-15/h3-6,8-10,13,17,24H,7,11-12H2,1-2H3/p+1/t17-/m0/s1. The Morgan fingerprint density at radius 1 is 1.19 bits per heavy atom. The number of aliphatic hydroxyl groups excluding tert-OH is 1. The summed E-state index contributed by atoms with van der Waals surface area (Å²) in [6.07, 6.45) is 0.797. The lowest BCUT2D eigenvalue weighted by molar-refractivity contribution is -0.858. The van der Waals surface area contributed by atoms with Crippen LogP contribution in [0.2, 0.25) is 0 Å². The number of rotatable bonds is 7. The largest absolute Gasteiger partial charge is 0.503 e. The Hall–Kier alpha value is -2.44. The molecule has 1 aromatic heterocycles. The molecular formula is C20H23N2O3S+. The van der Waals surface area contributed by atoms with E-state index >= 15 is 0 Å². The van der Waals surface area contributed by atoms with Crippen molar-refractivity contribution in [2.24, 2.45) is 0 Å². The number of carbonyl (C=O) groups is 2. The number of hydrogen-bond acceptors (Lipinski definition) is 4. The van der Waals surface area contributed by atoms with Crippen LogP contribution < -0.4 is 4.90 Å². The van der Waals surface area contributed by atoms with Gasteiger partial charge in [0.05, 0.1) is 37.1 Å². The molecule has 0 fully saturated rings. The van der Waals surface area contributed by atoms with Crippen LogP contribution in [0.25, 0.3) is 0 Å². The van der Waals surface area contributed by atoms with Crippen molar-refractivity contribution < 1.29 is 19.6 Å². The van der Waals surface area contributed by atoms with Crippen LogP contribution in [-0.2, 0) is 4.79 Å². The summed E-state index contributed by atoms with van der Waals surface area (Å²) in [5.74, 6) is -1.16. The fraction of sp³-hybridized carbons (Fsp3) is 0.300. The zero-order valence-corrected chi connectivity index (χ0v) is 15.8. The van der Waals surface area contributed by atoms with Gasteiger partial charge in [-0.15, -0.1) is 11.3 Å². The molecule has 136 valence electrons. The van der Waals surface area contributed by atoms with Gasteiger partial charge in [0, 0.05) is 13.0 Å². The maximum atomic E-state index is 13.0. The number of aliphatic hydroxyl groups is 1. The summed E-state index contributed by atoms with van der Waals surface area (Å²) in [5.41, 5.74) is 1.02. The Labute approximate surface area is 157 Å². The molecule has 2 heterocycles. The molecule has 2 aromatic rings. The fourth-order valence-corrected chi connectivity index (χ4v) is 3.92. The first-order valence-electron chi connectivity index (χ1n) is 8.67. The maximum Gasteiger partial charge on any atom is 0.290 e. The first-order valence-corrected chi connectivity index (χ1v) is 9.55. The molecule has 0 bridgehead atoms. The van der Waals surface area contributed by atoms with Crippen molar-refractivity contribution in [1.29, 1.82) is 0 Å². The first-order chi connectivity index (χ1) is 12.5. The highest BCUT2D eigenvalue weighted by molar-refractivity contribution is 7.12. The molecule has 0 radical (unpaired) electrons. The van der Waals surface area contributed by atoms with Gasteiger partial charge in [-0.1, -0.05) is 36.4 Å². The van der Waals surface area contributed by atoms with Crippen molar-refractivity contribution in [1.82, 2.24) is 4.90 Å². The Morgan fingerprint density at radius 3 is 2.54 bits per heavy atom. The number of amides is 1. The third-order valence-corrected chi connectivity index (χ3v) is 5.35. The highest BCUT2D eigenvalue weighted by Crippen LogP contribution is 2.39. The molecule has 6 heteroatoms. The second kappa shape index (κ2) is 7.85. The summed E-state index contributed by atoms with van der Waals surface area (Å²) in [5, 5.41) is 12.3. The molecule has 1 aliphatic rings. The highest BCUT2D eigenvalue weighted by atomic mass is 32.1. The van der Waals surface area contributed by atoms with Gasteiger partial charge in [0.25, 0.3) is 5.91 Å². The molecule has 0 unspecified atom stereocenters. The van der Waals surface area contributed by atoms with E-state index in [-0.39, 0.29) is 11.4 Å². The fourth-order valence-electron chi connectivity index (χ4n) is 3.24. The number of nitrogens with zero attached hydrogens (tertiary/aromatic N) is 1. The van der Waals surface area contributed by atoms with E-state index < -0.39 is 17.7 Å². The first kappa shape index (κ1) is 18.4. The van der Waals surface area contributed by atoms with Gasteiger partial charge < -0.3 is 14.9 Å². The van der Waals surface area contributed by atoms with Crippen LogP contribution in [0.5, 0.6) is 0 Å². The third kappa shape index (κ3) is 3.57. The van der Waals surface area contributed by atoms with Gasteiger partial charge in [0.15, 0.2) is 5.76 Å². The lowest BCUT2D eigenvalue weighted by atomic mass is 9.95. The van der Waals surface area contributed by atoms with Gasteiger partial charge in [0.2, 0.25) is 5.78 Å². The Kier molecular flexibility index (Phi) is 5.54. The summed E-state index contributed by atoms with van der Waals surface area (Å²) in [6.45, 7) is 1.40. The van der Waals surface area contributed by atoms with E-state index in [1.165, 1.54) is 16.2 Å². The van der Waals surface area contributed by atoms with E-state index in [9.17, 15) is 14.7 Å². The molecule has 1 atom stereocenters. The zero-order chi connectivity index (χ0) is 18.7. The number of carbonyl (C=O) groups excluding carboxylic acids is 2. The van der Waals surface area contributed by atoms with Crippen LogP contribution >= 0.6 is 11.3 Å². The number of thiophene rings is 1. The summed E-state index contributed by atoms with van der Waals surface area (Å²) in [6, 6.07) is 12.4. The Balaban J connectivity index is 1.97. The van der Waals surface area contributed by atoms with Crippen molar-refractivity contribution in [3.63, 3.8) is 0 Å². The monoisotopic (exact) mass is 371 g/mol. The number of quaternary nitrogens is 1. The van der Waals surface area contributed by atoms with Gasteiger partial charge >= 0.3 is 0 Å². The molecule has 2 N–H and O–H groups in total. The summed E-state index contributed by atoms with van der Waals surface area (Å²) >= 11 is 1.31. The quantitative estimate of drug-likeness (QED) is 0.731. The average molecular weight is 371 g/mol. The lowest BCUT2D eigenvalue weighted by Crippen LogP contribution is -3.05. The van der Waals surface area contributed by atoms with Gasteiger partial charge in [-0.05, 0) is 17.0 Å². The van der Waals surface area contributed by atoms with E-state index in [4.69, 9.17) is 0 Å². The smallest absolute Gasteiger partial charge is 0.290 e. The summed E-state index contributed by atoms with van der Waals surface area (Å²) in [4.78, 5) is 29.1. The van der Waals surface area contributed by atoms with Gasteiger partial charge in [0.1, 0.15) is 0 Å². The van der Waals surface area contributed by atoms with Gasteiger partial charge in [-0.25, -0.2) is 0 Å². The average Bonchev–Trinajstić information content (AvgIpc) is 3.24. The van der Waals surface area contributed by atoms with Crippen molar-refractivity contribution in [2.75, 3.05) is 27.2 Å². The predicted molar refractivity (Wildman–Crippen MR) is 101 cm³/mol. The lowest BCUT2D eigenvalue weighted by Gasteiger charge is -2.26. The van der Waals surface area contributed by atoms with Crippen molar-refractivity contribution >= 4 is 23.0 Å². The number of ketones is 1. The third-order valence-electron chi connectivity index (χ3n) is 4.48. The predicted octanol–water partition coefficient (Wildman–Crippen LogP) is 1.86. The second-order valence-electron chi connectivity index (χ2n) is 6.69. The molecule has 1 amide bonds. The minimum atomic E-state index is -0.546. The minimum Gasteiger partial charge on any atom is -0.503 e. The topological polar surface area (TPSA) is 62.1 Å². The molecule has 0 spiro atoms. The molecule has 1 aromatic carbocycles. The molecule has 3 rings (SSSR count). The Bertz CT molecular complexity index is 813. The number of hydrogen-bond donors (Lipinski definition) is 2. The SMILES string of the molecule is C[NH+](C)CCCN1C(=O)C(O)=C(C(=O)c2cccs2)[C@@H]1c1ccccc1. The van der Waals surface area contributed by atoms with Gasteiger partial charge in [-0.2, -0.15) is 0 Å². The van der Waals surface area contributed by atoms with Crippen molar-refractivity contribution in [3.8, 4) is 0 Å². The zero-order valence-electron chi connectivity index (χ0n) is 14.9. The molecule has 26 heavy (non-hydrogen) atoms. The number of nitrogens with one attached hydrogen (secondary N) is 1. The molecule has 5 nitrogen and oxygen atoms in total. The van der Waals surface area contributed by atoms with E-state index in [1.54, 1.807) is 17.0 Å². The molecule has 1 aliphatic heterocycles. The molecular weight excluding hydrogens is 348 g/mol. The number of benzene rings is 1. The molecule has 0 saturated heterocycles. The van der Waals surface area contributed by atoms with E-state index in [0.29, 0.717) is 11.4 Å². The van der Waals surface area contributed by atoms with E-state index in [2.05, 4.69) is 14.1 Å². The molecule has 0 aliphatic carbocycles. The van der Waals surface area contributed by atoms with Crippen LogP contribution in [-0.4, -0.2) is 48.9 Å². The van der Waals surface area contributed by atoms with Crippen LogP contribution in [0.1, 0.15) is 27.7 Å². The summed E-state index contributed by atoms with van der Waals surface area (Å²) in [7, 11) is 4.11. The Morgan fingerprint density at radius 2 is 1.92 bits per heavy atom. The molecule has 0 saturated carbocycles. The maximum absolute atomic E-state index is 13.0. The van der Waals surface area contributed by atoms with E-state index in [1.807, 2.05) is 35.7 Å². The van der Waals surface area contributed by atoms with Gasteiger partial charge in [-0.3, -0.25) is 9.59 Å². The van der Waals surface area contributed by atoms with Crippen LogP contribution in [0.15, 0.2) is 59.2 Å². The van der Waals surface area contributed by atoms with E-state index in [0.717, 1.165) is 18.5 Å². The number of Topliss-reactive ketones (excluding diaryl/α,β-unsaturated/α-hetero) is 1. The second-order valence-corrected chi connectivity index (χ2v) is 7.64. The van der Waals surface area contributed by atoms with Crippen molar-refractivity contribution in [2.45, 2.75) is 12.5 Å². The van der Waals surface area contributed by atoms with Crippen LogP contribution in [0.3, 0.4) is 0 Å². The van der Waals surface area contributed by atoms with Crippen LogP contribution in [0.4, 0.5) is 0 Å².